The van der Waals surface area contributed by atoms with Crippen LogP contribution in [0.2, 0.25) is 0 Å². The molecule has 0 aliphatic rings. The molecule has 0 aromatic heterocycles. The molecular weight excluding hydrogens is 841 g/mol. The first kappa shape index (κ1) is 65.1. The van der Waals surface area contributed by atoms with Gasteiger partial charge >= 0.3 is 17.9 Å². The molecule has 0 saturated carbocycles. The van der Waals surface area contributed by atoms with Crippen LogP contribution in [0.4, 0.5) is 0 Å². The van der Waals surface area contributed by atoms with Gasteiger partial charge in [-0.3, -0.25) is 14.4 Å². The quantitative estimate of drug-likeness (QED) is 0.0262. The van der Waals surface area contributed by atoms with Crippen molar-refractivity contribution >= 4 is 17.9 Å². The highest BCUT2D eigenvalue weighted by Crippen LogP contribution is 2.15. The zero-order valence-electron chi connectivity index (χ0n) is 45.1. The number of esters is 3. The van der Waals surface area contributed by atoms with Gasteiger partial charge in [-0.25, -0.2) is 0 Å². The van der Waals surface area contributed by atoms with E-state index in [1.165, 1.54) is 154 Å². The summed E-state index contributed by atoms with van der Waals surface area (Å²) in [5.41, 5.74) is 0. The molecule has 68 heavy (non-hydrogen) atoms. The number of unbranched alkanes of at least 4 members (excludes halogenated alkanes) is 32. The smallest absolute Gasteiger partial charge is 0.306 e. The number of carbonyl (C=O) groups is 3. The summed E-state index contributed by atoms with van der Waals surface area (Å²) in [6, 6.07) is 0. The van der Waals surface area contributed by atoms with E-state index < -0.39 is 6.10 Å². The minimum Gasteiger partial charge on any atom is -0.462 e. The van der Waals surface area contributed by atoms with Gasteiger partial charge in [-0.1, -0.05) is 229 Å². The fourth-order valence-corrected chi connectivity index (χ4v) is 8.26. The monoisotopic (exact) mass is 951 g/mol. The van der Waals surface area contributed by atoms with E-state index in [2.05, 4.69) is 81.5 Å². The summed E-state index contributed by atoms with van der Waals surface area (Å²) < 4.78 is 16.9. The van der Waals surface area contributed by atoms with Gasteiger partial charge in [-0.05, 0) is 109 Å². The summed E-state index contributed by atoms with van der Waals surface area (Å²) in [6.07, 6.45) is 70.6. The fourth-order valence-electron chi connectivity index (χ4n) is 8.26. The molecule has 0 aromatic rings. The Labute approximate surface area is 421 Å². The average molecular weight is 952 g/mol. The molecule has 0 bridgehead atoms. The molecule has 0 radical (unpaired) electrons. The van der Waals surface area contributed by atoms with Crippen LogP contribution in [0.3, 0.4) is 0 Å². The largest absolute Gasteiger partial charge is 0.462 e. The Morgan fingerprint density at radius 1 is 0.294 bits per heavy atom. The molecular formula is C62H110O6. The number of carbonyl (C=O) groups excluding carboxylic acids is 3. The normalized spacial score (nSPS) is 12.5. The van der Waals surface area contributed by atoms with Gasteiger partial charge in [0, 0.05) is 19.3 Å². The fraction of sp³-hybridized carbons (Fsp3) is 0.790. The van der Waals surface area contributed by atoms with Crippen molar-refractivity contribution < 1.29 is 28.6 Å². The van der Waals surface area contributed by atoms with Crippen LogP contribution < -0.4 is 0 Å². The molecule has 0 aliphatic heterocycles. The topological polar surface area (TPSA) is 78.9 Å². The lowest BCUT2D eigenvalue weighted by atomic mass is 10.1. The maximum Gasteiger partial charge on any atom is 0.306 e. The van der Waals surface area contributed by atoms with E-state index in [-0.39, 0.29) is 31.1 Å². The molecule has 0 rings (SSSR count). The van der Waals surface area contributed by atoms with Crippen LogP contribution in [0.15, 0.2) is 60.8 Å². The second-order valence-corrected chi connectivity index (χ2v) is 19.5. The lowest BCUT2D eigenvalue weighted by Gasteiger charge is -2.18. The molecule has 0 saturated heterocycles. The lowest BCUT2D eigenvalue weighted by Crippen LogP contribution is -2.30. The van der Waals surface area contributed by atoms with Gasteiger partial charge in [0.1, 0.15) is 13.2 Å². The highest BCUT2D eigenvalue weighted by atomic mass is 16.6. The van der Waals surface area contributed by atoms with Crippen molar-refractivity contribution in [1.82, 2.24) is 0 Å². The number of ether oxygens (including phenoxy) is 3. The third-order valence-electron chi connectivity index (χ3n) is 12.7. The Morgan fingerprint density at radius 3 is 0.838 bits per heavy atom. The summed E-state index contributed by atoms with van der Waals surface area (Å²) >= 11 is 0. The molecule has 0 aromatic carbocycles. The number of hydrogen-bond donors (Lipinski definition) is 0. The van der Waals surface area contributed by atoms with Crippen LogP contribution in [-0.4, -0.2) is 37.2 Å². The van der Waals surface area contributed by atoms with Gasteiger partial charge in [0.2, 0.25) is 0 Å². The molecule has 0 heterocycles. The third kappa shape index (κ3) is 54.1. The van der Waals surface area contributed by atoms with Crippen molar-refractivity contribution in [3.63, 3.8) is 0 Å². The lowest BCUT2D eigenvalue weighted by molar-refractivity contribution is -0.167. The van der Waals surface area contributed by atoms with Crippen molar-refractivity contribution in [2.45, 2.75) is 303 Å². The molecule has 1 unspecified atom stereocenters. The number of rotatable bonds is 53. The Balaban J connectivity index is 4.41. The second-order valence-electron chi connectivity index (χ2n) is 19.5. The maximum absolute atomic E-state index is 12.9. The third-order valence-corrected chi connectivity index (χ3v) is 12.7. The first-order valence-corrected chi connectivity index (χ1v) is 29.3. The Kier molecular flexibility index (Phi) is 54.3. The number of hydrogen-bond acceptors (Lipinski definition) is 6. The van der Waals surface area contributed by atoms with E-state index >= 15 is 0 Å². The molecule has 0 aliphatic carbocycles. The van der Waals surface area contributed by atoms with Crippen LogP contribution in [0.25, 0.3) is 0 Å². The van der Waals surface area contributed by atoms with Gasteiger partial charge in [0.05, 0.1) is 0 Å². The Bertz CT molecular complexity index is 1230. The summed E-state index contributed by atoms with van der Waals surface area (Å²) in [5.74, 6) is -0.907. The molecule has 0 N–H and O–H groups in total. The van der Waals surface area contributed by atoms with Crippen LogP contribution in [0.5, 0.6) is 0 Å². The second kappa shape index (κ2) is 56.7. The van der Waals surface area contributed by atoms with Crippen molar-refractivity contribution in [3.8, 4) is 0 Å². The van der Waals surface area contributed by atoms with Crippen molar-refractivity contribution in [1.29, 1.82) is 0 Å². The van der Waals surface area contributed by atoms with Crippen LogP contribution in [0.1, 0.15) is 297 Å². The van der Waals surface area contributed by atoms with Crippen molar-refractivity contribution in [2.75, 3.05) is 13.2 Å². The van der Waals surface area contributed by atoms with E-state index in [0.29, 0.717) is 19.3 Å². The van der Waals surface area contributed by atoms with E-state index in [4.69, 9.17) is 14.2 Å². The van der Waals surface area contributed by atoms with E-state index in [1.54, 1.807) is 0 Å². The standard InChI is InChI=1S/C62H110O6/c1-4-7-10-13-16-19-22-25-28-31-32-35-37-40-43-46-49-52-55-61(64)67-58-59(68-62(65)56-53-50-47-44-41-38-34-30-27-24-21-18-15-12-9-6-3)57-66-60(63)54-51-48-45-42-39-36-33-29-26-23-20-17-14-11-8-5-2/h20-21,23-24,28-31,33-34,59H,4-19,22,25-27,32,35-58H2,1-3H3/b23-20-,24-21-,31-28-,33-29-,34-30-. The van der Waals surface area contributed by atoms with Crippen LogP contribution in [0, 0.1) is 0 Å². The molecule has 6 nitrogen and oxygen atoms in total. The molecule has 6 heteroatoms. The number of allylic oxidation sites excluding steroid dienone is 10. The van der Waals surface area contributed by atoms with Crippen molar-refractivity contribution in [2.24, 2.45) is 0 Å². The first-order chi connectivity index (χ1) is 33.5. The van der Waals surface area contributed by atoms with Crippen LogP contribution in [-0.2, 0) is 28.6 Å². The molecule has 394 valence electrons. The Morgan fingerprint density at radius 2 is 0.529 bits per heavy atom. The molecule has 0 amide bonds. The first-order valence-electron chi connectivity index (χ1n) is 29.3. The minimum atomic E-state index is -0.789. The van der Waals surface area contributed by atoms with Crippen LogP contribution >= 0.6 is 0 Å². The van der Waals surface area contributed by atoms with E-state index in [0.717, 1.165) is 103 Å². The average Bonchev–Trinajstić information content (AvgIpc) is 3.34. The SMILES string of the molecule is CCCCCC/C=C\C/C=C\CCCCCCCC(=O)OCC(COC(=O)CCCCCCCCC/C=C\CCCCCCCCC)OC(=O)CCCCCCC/C=C\C/C=C\CCCCCC. The Hall–Kier alpha value is -2.89. The van der Waals surface area contributed by atoms with Gasteiger partial charge in [-0.15, -0.1) is 0 Å². The summed E-state index contributed by atoms with van der Waals surface area (Å²) in [5, 5.41) is 0. The van der Waals surface area contributed by atoms with Gasteiger partial charge in [0.25, 0.3) is 0 Å². The predicted molar refractivity (Wildman–Crippen MR) is 293 cm³/mol. The molecule has 0 fully saturated rings. The van der Waals surface area contributed by atoms with E-state index in [9.17, 15) is 14.4 Å². The zero-order valence-corrected chi connectivity index (χ0v) is 45.1. The summed E-state index contributed by atoms with van der Waals surface area (Å²) in [7, 11) is 0. The highest BCUT2D eigenvalue weighted by Gasteiger charge is 2.19. The van der Waals surface area contributed by atoms with E-state index in [1.807, 2.05) is 0 Å². The highest BCUT2D eigenvalue weighted by molar-refractivity contribution is 5.71. The molecule has 1 atom stereocenters. The van der Waals surface area contributed by atoms with Crippen molar-refractivity contribution in [3.05, 3.63) is 60.8 Å². The summed E-state index contributed by atoms with van der Waals surface area (Å²) in [6.45, 7) is 6.60. The molecule has 0 spiro atoms. The predicted octanol–water partition coefficient (Wildman–Crippen LogP) is 19.6. The zero-order chi connectivity index (χ0) is 49.3. The maximum atomic E-state index is 12.9. The van der Waals surface area contributed by atoms with Gasteiger partial charge in [0.15, 0.2) is 6.10 Å². The van der Waals surface area contributed by atoms with Gasteiger partial charge < -0.3 is 14.2 Å². The minimum absolute atomic E-state index is 0.0859. The summed E-state index contributed by atoms with van der Waals surface area (Å²) in [4.78, 5) is 38.2. The van der Waals surface area contributed by atoms with Gasteiger partial charge in [-0.2, -0.15) is 0 Å².